The van der Waals surface area contributed by atoms with E-state index in [1.807, 2.05) is 28.9 Å². The number of amides is 1. The minimum atomic E-state index is -0.0980. The van der Waals surface area contributed by atoms with Crippen LogP contribution in [0.15, 0.2) is 53.3 Å². The first-order valence-corrected chi connectivity index (χ1v) is 8.00. The summed E-state index contributed by atoms with van der Waals surface area (Å²) >= 11 is 3.43. The van der Waals surface area contributed by atoms with Crippen LogP contribution in [-0.4, -0.2) is 28.9 Å². The molecule has 0 aliphatic carbocycles. The summed E-state index contributed by atoms with van der Waals surface area (Å²) in [6.07, 6.45) is 4.61. The first-order chi connectivity index (χ1) is 11.2. The van der Waals surface area contributed by atoms with E-state index >= 15 is 0 Å². The van der Waals surface area contributed by atoms with Gasteiger partial charge in [0.2, 0.25) is 0 Å². The van der Waals surface area contributed by atoms with E-state index < -0.39 is 0 Å². The van der Waals surface area contributed by atoms with Crippen LogP contribution >= 0.6 is 15.9 Å². The van der Waals surface area contributed by atoms with Gasteiger partial charge in [-0.3, -0.25) is 4.79 Å². The molecule has 0 fully saturated rings. The molecule has 0 saturated carbocycles. The summed E-state index contributed by atoms with van der Waals surface area (Å²) in [5.74, 6) is 0.636. The standard InChI is InChI=1S/C17H16BrN3O2/c1-23-15-5-2-12(3-6-15)17(22)19-9-8-14-11-21-10-13(18)4-7-16(21)20-14/h2-7,10-11H,8-9H2,1H3,(H,19,22). The largest absolute Gasteiger partial charge is 0.497 e. The lowest BCUT2D eigenvalue weighted by molar-refractivity contribution is 0.0954. The number of hydrogen-bond donors (Lipinski definition) is 1. The number of fused-ring (bicyclic) bond motifs is 1. The third-order valence-electron chi connectivity index (χ3n) is 3.48. The van der Waals surface area contributed by atoms with Gasteiger partial charge in [0, 0.05) is 35.4 Å². The Morgan fingerprint density at radius 3 is 2.74 bits per heavy atom. The fourth-order valence-electron chi connectivity index (χ4n) is 2.29. The van der Waals surface area contributed by atoms with E-state index in [1.54, 1.807) is 31.4 Å². The summed E-state index contributed by atoms with van der Waals surface area (Å²) < 4.78 is 8.04. The molecule has 23 heavy (non-hydrogen) atoms. The first kappa shape index (κ1) is 15.6. The van der Waals surface area contributed by atoms with Gasteiger partial charge in [0.25, 0.3) is 5.91 Å². The lowest BCUT2D eigenvalue weighted by atomic mass is 10.2. The van der Waals surface area contributed by atoms with E-state index in [4.69, 9.17) is 4.74 Å². The van der Waals surface area contributed by atoms with Gasteiger partial charge in [-0.25, -0.2) is 4.98 Å². The number of pyridine rings is 1. The van der Waals surface area contributed by atoms with E-state index in [2.05, 4.69) is 26.2 Å². The van der Waals surface area contributed by atoms with Crippen molar-refractivity contribution in [1.29, 1.82) is 0 Å². The molecule has 118 valence electrons. The molecular weight excluding hydrogens is 358 g/mol. The molecule has 0 atom stereocenters. The van der Waals surface area contributed by atoms with Crippen molar-refractivity contribution in [1.82, 2.24) is 14.7 Å². The molecule has 1 N–H and O–H groups in total. The Hall–Kier alpha value is -2.34. The molecule has 5 nitrogen and oxygen atoms in total. The average Bonchev–Trinajstić information content (AvgIpc) is 2.96. The van der Waals surface area contributed by atoms with Gasteiger partial charge in [-0.15, -0.1) is 0 Å². The van der Waals surface area contributed by atoms with Crippen LogP contribution in [0.25, 0.3) is 5.65 Å². The fraction of sp³-hybridized carbons (Fsp3) is 0.176. The van der Waals surface area contributed by atoms with Crippen molar-refractivity contribution in [3.05, 3.63) is 64.5 Å². The number of benzene rings is 1. The Morgan fingerprint density at radius 1 is 1.22 bits per heavy atom. The van der Waals surface area contributed by atoms with Crippen molar-refractivity contribution >= 4 is 27.5 Å². The molecule has 6 heteroatoms. The number of carbonyl (C=O) groups excluding carboxylic acids is 1. The zero-order valence-electron chi connectivity index (χ0n) is 12.6. The van der Waals surface area contributed by atoms with Crippen molar-refractivity contribution in [2.75, 3.05) is 13.7 Å². The number of rotatable bonds is 5. The molecule has 1 amide bonds. The maximum absolute atomic E-state index is 12.1. The van der Waals surface area contributed by atoms with Crippen molar-refractivity contribution in [2.24, 2.45) is 0 Å². The quantitative estimate of drug-likeness (QED) is 0.747. The molecule has 0 unspecified atom stereocenters. The van der Waals surface area contributed by atoms with Crippen molar-refractivity contribution in [2.45, 2.75) is 6.42 Å². The predicted octanol–water partition coefficient (Wildman–Crippen LogP) is 3.08. The molecule has 0 saturated heterocycles. The van der Waals surface area contributed by atoms with Gasteiger partial charge < -0.3 is 14.5 Å². The Bertz CT molecular complexity index is 827. The minimum absolute atomic E-state index is 0.0980. The highest BCUT2D eigenvalue weighted by molar-refractivity contribution is 9.10. The number of carbonyl (C=O) groups is 1. The number of ether oxygens (including phenoxy) is 1. The van der Waals surface area contributed by atoms with Crippen LogP contribution < -0.4 is 10.1 Å². The molecular formula is C17H16BrN3O2. The van der Waals surface area contributed by atoms with E-state index in [9.17, 15) is 4.79 Å². The minimum Gasteiger partial charge on any atom is -0.497 e. The maximum Gasteiger partial charge on any atom is 0.251 e. The lowest BCUT2D eigenvalue weighted by Gasteiger charge is -2.05. The van der Waals surface area contributed by atoms with Gasteiger partial charge in [-0.2, -0.15) is 0 Å². The summed E-state index contributed by atoms with van der Waals surface area (Å²) in [6, 6.07) is 10.9. The van der Waals surface area contributed by atoms with Crippen LogP contribution in [0.4, 0.5) is 0 Å². The number of hydrogen-bond acceptors (Lipinski definition) is 3. The van der Waals surface area contributed by atoms with Crippen molar-refractivity contribution in [3.8, 4) is 5.75 Å². The molecule has 2 aromatic heterocycles. The Kier molecular flexibility index (Phi) is 4.62. The second-order valence-electron chi connectivity index (χ2n) is 5.08. The van der Waals surface area contributed by atoms with Crippen LogP contribution in [0.5, 0.6) is 5.75 Å². The molecule has 0 spiro atoms. The number of methoxy groups -OCH3 is 1. The molecule has 2 heterocycles. The fourth-order valence-corrected chi connectivity index (χ4v) is 2.64. The smallest absolute Gasteiger partial charge is 0.251 e. The van der Waals surface area contributed by atoms with Crippen LogP contribution in [0.3, 0.4) is 0 Å². The molecule has 0 bridgehead atoms. The van der Waals surface area contributed by atoms with Gasteiger partial charge in [-0.05, 0) is 52.3 Å². The van der Waals surface area contributed by atoms with Gasteiger partial charge in [0.05, 0.1) is 12.8 Å². The zero-order chi connectivity index (χ0) is 16.2. The molecule has 3 rings (SSSR count). The molecule has 0 radical (unpaired) electrons. The van der Waals surface area contributed by atoms with Gasteiger partial charge in [0.1, 0.15) is 11.4 Å². The van der Waals surface area contributed by atoms with Crippen LogP contribution in [0.1, 0.15) is 16.1 Å². The van der Waals surface area contributed by atoms with E-state index in [0.717, 1.165) is 21.6 Å². The molecule has 0 aliphatic rings. The second kappa shape index (κ2) is 6.83. The summed E-state index contributed by atoms with van der Waals surface area (Å²) in [6.45, 7) is 0.538. The number of halogens is 1. The topological polar surface area (TPSA) is 55.6 Å². The summed E-state index contributed by atoms with van der Waals surface area (Å²) in [7, 11) is 1.60. The van der Waals surface area contributed by atoms with Crippen molar-refractivity contribution in [3.63, 3.8) is 0 Å². The van der Waals surface area contributed by atoms with Crippen molar-refractivity contribution < 1.29 is 9.53 Å². The highest BCUT2D eigenvalue weighted by Crippen LogP contribution is 2.13. The number of nitrogens with one attached hydrogen (secondary N) is 1. The van der Waals surface area contributed by atoms with E-state index in [-0.39, 0.29) is 5.91 Å². The van der Waals surface area contributed by atoms with Crippen LogP contribution in [0, 0.1) is 0 Å². The summed E-state index contributed by atoms with van der Waals surface area (Å²) in [4.78, 5) is 16.6. The molecule has 1 aromatic carbocycles. The number of nitrogens with zero attached hydrogens (tertiary/aromatic N) is 2. The van der Waals surface area contributed by atoms with Crippen LogP contribution in [-0.2, 0) is 6.42 Å². The van der Waals surface area contributed by atoms with Gasteiger partial charge >= 0.3 is 0 Å². The molecule has 3 aromatic rings. The maximum atomic E-state index is 12.1. The predicted molar refractivity (Wildman–Crippen MR) is 91.9 cm³/mol. The van der Waals surface area contributed by atoms with Gasteiger partial charge in [0.15, 0.2) is 0 Å². The average molecular weight is 374 g/mol. The summed E-state index contributed by atoms with van der Waals surface area (Å²) in [5, 5.41) is 2.90. The lowest BCUT2D eigenvalue weighted by Crippen LogP contribution is -2.25. The van der Waals surface area contributed by atoms with Gasteiger partial charge in [-0.1, -0.05) is 0 Å². The SMILES string of the molecule is COc1ccc(C(=O)NCCc2cn3cc(Br)ccc3n2)cc1. The van der Waals surface area contributed by atoms with E-state index in [1.165, 1.54) is 0 Å². The molecule has 0 aliphatic heterocycles. The number of imidazole rings is 1. The Labute approximate surface area is 142 Å². The van der Waals surface area contributed by atoms with E-state index in [0.29, 0.717) is 18.5 Å². The Balaban J connectivity index is 1.58. The third-order valence-corrected chi connectivity index (χ3v) is 3.95. The highest BCUT2D eigenvalue weighted by Gasteiger charge is 2.06. The normalized spacial score (nSPS) is 10.7. The monoisotopic (exact) mass is 373 g/mol. The highest BCUT2D eigenvalue weighted by atomic mass is 79.9. The van der Waals surface area contributed by atoms with Crippen LogP contribution in [0.2, 0.25) is 0 Å². The first-order valence-electron chi connectivity index (χ1n) is 7.21. The summed E-state index contributed by atoms with van der Waals surface area (Å²) in [5.41, 5.74) is 2.45. The zero-order valence-corrected chi connectivity index (χ0v) is 14.2. The second-order valence-corrected chi connectivity index (χ2v) is 6.00. The Morgan fingerprint density at radius 2 is 2.00 bits per heavy atom. The third kappa shape index (κ3) is 3.71. The number of aromatic nitrogens is 2.